The van der Waals surface area contributed by atoms with E-state index in [4.69, 9.17) is 9.47 Å². The van der Waals surface area contributed by atoms with Crippen LogP contribution < -0.4 is 14.8 Å². The van der Waals surface area contributed by atoms with Gasteiger partial charge in [-0.3, -0.25) is 4.79 Å². The van der Waals surface area contributed by atoms with Crippen LogP contribution in [0.5, 0.6) is 11.5 Å². The van der Waals surface area contributed by atoms with Crippen molar-refractivity contribution in [2.45, 2.75) is 33.1 Å². The molecule has 5 heteroatoms. The summed E-state index contributed by atoms with van der Waals surface area (Å²) < 4.78 is 24.6. The maximum Gasteiger partial charge on any atom is 0.228 e. The van der Waals surface area contributed by atoms with Gasteiger partial charge in [-0.05, 0) is 42.7 Å². The third-order valence-electron chi connectivity index (χ3n) is 3.40. The summed E-state index contributed by atoms with van der Waals surface area (Å²) in [7, 11) is 0. The van der Waals surface area contributed by atoms with Gasteiger partial charge in [-0.2, -0.15) is 0 Å². The van der Waals surface area contributed by atoms with Gasteiger partial charge in [0.15, 0.2) is 11.5 Å². The lowest BCUT2D eigenvalue weighted by atomic mass is 10.1. The minimum atomic E-state index is -0.349. The van der Waals surface area contributed by atoms with Crippen molar-refractivity contribution in [2.75, 3.05) is 18.5 Å². The van der Waals surface area contributed by atoms with Crippen molar-refractivity contribution in [3.05, 3.63) is 53.8 Å². The Bertz CT molecular complexity index is 703. The molecule has 134 valence electrons. The highest BCUT2D eigenvalue weighted by Gasteiger charge is 2.10. The Kier molecular flexibility index (Phi) is 7.26. The number of hydrogen-bond donors (Lipinski definition) is 1. The first-order chi connectivity index (χ1) is 12.1. The lowest BCUT2D eigenvalue weighted by molar-refractivity contribution is -0.115. The SMILES string of the molecule is CCCOc1ccc(NC(=O)Cc2cccc(F)c2)cc1OCCC. The molecule has 0 saturated carbocycles. The molecule has 0 radical (unpaired) electrons. The van der Waals surface area contributed by atoms with Crippen LogP contribution in [-0.4, -0.2) is 19.1 Å². The van der Waals surface area contributed by atoms with Crippen LogP contribution in [0.15, 0.2) is 42.5 Å². The number of halogens is 1. The fraction of sp³-hybridized carbons (Fsp3) is 0.350. The summed E-state index contributed by atoms with van der Waals surface area (Å²) in [4.78, 5) is 12.2. The molecule has 0 aliphatic rings. The lowest BCUT2D eigenvalue weighted by Crippen LogP contribution is -2.14. The van der Waals surface area contributed by atoms with Crippen molar-refractivity contribution < 1.29 is 18.7 Å². The minimum Gasteiger partial charge on any atom is -0.490 e. The highest BCUT2D eigenvalue weighted by Crippen LogP contribution is 2.31. The Morgan fingerprint density at radius 3 is 2.40 bits per heavy atom. The molecule has 2 aromatic carbocycles. The standard InChI is InChI=1S/C20H24FNO3/c1-3-10-24-18-9-8-17(14-19(18)25-11-4-2)22-20(23)13-15-6-5-7-16(21)12-15/h5-9,12,14H,3-4,10-11,13H2,1-2H3,(H,22,23). The molecule has 0 spiro atoms. The van der Waals surface area contributed by atoms with E-state index in [2.05, 4.69) is 5.32 Å². The molecule has 0 atom stereocenters. The number of benzene rings is 2. The summed E-state index contributed by atoms with van der Waals surface area (Å²) >= 11 is 0. The number of amides is 1. The second kappa shape index (κ2) is 9.67. The molecule has 1 amide bonds. The largest absolute Gasteiger partial charge is 0.490 e. The summed E-state index contributed by atoms with van der Waals surface area (Å²) in [5.41, 5.74) is 1.25. The fourth-order valence-corrected chi connectivity index (χ4v) is 2.28. The van der Waals surface area contributed by atoms with Gasteiger partial charge >= 0.3 is 0 Å². The van der Waals surface area contributed by atoms with Gasteiger partial charge < -0.3 is 14.8 Å². The highest BCUT2D eigenvalue weighted by atomic mass is 19.1. The molecule has 0 unspecified atom stereocenters. The number of rotatable bonds is 9. The van der Waals surface area contributed by atoms with Crippen LogP contribution in [0.2, 0.25) is 0 Å². The molecular weight excluding hydrogens is 321 g/mol. The van der Waals surface area contributed by atoms with Crippen molar-refractivity contribution in [1.82, 2.24) is 0 Å². The monoisotopic (exact) mass is 345 g/mol. The van der Waals surface area contributed by atoms with E-state index in [-0.39, 0.29) is 18.1 Å². The fourth-order valence-electron chi connectivity index (χ4n) is 2.28. The number of ether oxygens (including phenoxy) is 2. The number of carbonyl (C=O) groups excluding carboxylic acids is 1. The van der Waals surface area contributed by atoms with Crippen molar-refractivity contribution in [3.63, 3.8) is 0 Å². The zero-order chi connectivity index (χ0) is 18.1. The number of hydrogen-bond acceptors (Lipinski definition) is 3. The van der Waals surface area contributed by atoms with Gasteiger partial charge in [0.1, 0.15) is 5.82 Å². The van der Waals surface area contributed by atoms with E-state index in [1.165, 1.54) is 12.1 Å². The molecule has 0 aliphatic heterocycles. The van der Waals surface area contributed by atoms with Crippen molar-refractivity contribution in [2.24, 2.45) is 0 Å². The van der Waals surface area contributed by atoms with E-state index in [1.807, 2.05) is 13.8 Å². The third-order valence-corrected chi connectivity index (χ3v) is 3.40. The van der Waals surface area contributed by atoms with Crippen molar-refractivity contribution in [3.8, 4) is 11.5 Å². The first-order valence-electron chi connectivity index (χ1n) is 8.56. The molecule has 0 heterocycles. The quantitative estimate of drug-likeness (QED) is 0.723. The molecule has 0 fully saturated rings. The van der Waals surface area contributed by atoms with Crippen LogP contribution in [-0.2, 0) is 11.2 Å². The van der Waals surface area contributed by atoms with Gasteiger partial charge in [-0.25, -0.2) is 4.39 Å². The summed E-state index contributed by atoms with van der Waals surface area (Å²) in [6.07, 6.45) is 1.89. The third kappa shape index (κ3) is 6.10. The number of nitrogens with one attached hydrogen (secondary N) is 1. The van der Waals surface area contributed by atoms with E-state index in [0.29, 0.717) is 36.0 Å². The Morgan fingerprint density at radius 1 is 1.00 bits per heavy atom. The molecule has 0 bridgehead atoms. The summed E-state index contributed by atoms with van der Waals surface area (Å²) in [5, 5.41) is 2.81. The van der Waals surface area contributed by atoms with E-state index >= 15 is 0 Å². The number of anilines is 1. The second-order valence-electron chi connectivity index (χ2n) is 5.71. The Balaban J connectivity index is 2.05. The predicted molar refractivity (Wildman–Crippen MR) is 96.7 cm³/mol. The van der Waals surface area contributed by atoms with Gasteiger partial charge in [0.25, 0.3) is 0 Å². The normalized spacial score (nSPS) is 10.4. The zero-order valence-corrected chi connectivity index (χ0v) is 14.7. The van der Waals surface area contributed by atoms with E-state index in [9.17, 15) is 9.18 Å². The maximum absolute atomic E-state index is 13.2. The summed E-state index contributed by atoms with van der Waals surface area (Å²) in [6.45, 7) is 5.24. The summed E-state index contributed by atoms with van der Waals surface area (Å²) in [5.74, 6) is 0.713. The predicted octanol–water partition coefficient (Wildman–Crippen LogP) is 4.58. The van der Waals surface area contributed by atoms with E-state index in [0.717, 1.165) is 12.8 Å². The second-order valence-corrected chi connectivity index (χ2v) is 5.71. The molecule has 0 aromatic heterocycles. The zero-order valence-electron chi connectivity index (χ0n) is 14.7. The van der Waals surface area contributed by atoms with Gasteiger partial charge in [0.2, 0.25) is 5.91 Å². The van der Waals surface area contributed by atoms with Gasteiger partial charge in [0.05, 0.1) is 19.6 Å². The molecule has 0 aliphatic carbocycles. The van der Waals surface area contributed by atoms with Crippen LogP contribution in [0.4, 0.5) is 10.1 Å². The maximum atomic E-state index is 13.2. The van der Waals surface area contributed by atoms with E-state index < -0.39 is 0 Å². The molecule has 2 aromatic rings. The first kappa shape index (κ1) is 18.8. The molecule has 1 N–H and O–H groups in total. The molecule has 25 heavy (non-hydrogen) atoms. The molecule has 0 saturated heterocycles. The average molecular weight is 345 g/mol. The van der Waals surface area contributed by atoms with Crippen LogP contribution in [0.3, 0.4) is 0 Å². The van der Waals surface area contributed by atoms with Gasteiger partial charge in [0, 0.05) is 11.8 Å². The van der Waals surface area contributed by atoms with Gasteiger partial charge in [-0.15, -0.1) is 0 Å². The molecule has 4 nitrogen and oxygen atoms in total. The topological polar surface area (TPSA) is 47.6 Å². The molecular formula is C20H24FNO3. The Morgan fingerprint density at radius 2 is 1.72 bits per heavy atom. The van der Waals surface area contributed by atoms with Gasteiger partial charge in [-0.1, -0.05) is 26.0 Å². The Hall–Kier alpha value is -2.56. The molecule has 2 rings (SSSR count). The lowest BCUT2D eigenvalue weighted by Gasteiger charge is -2.14. The first-order valence-corrected chi connectivity index (χ1v) is 8.56. The van der Waals surface area contributed by atoms with Crippen LogP contribution in [0, 0.1) is 5.82 Å². The number of carbonyl (C=O) groups is 1. The van der Waals surface area contributed by atoms with Crippen LogP contribution in [0.1, 0.15) is 32.3 Å². The van der Waals surface area contributed by atoms with E-state index in [1.54, 1.807) is 30.3 Å². The minimum absolute atomic E-state index is 0.108. The van der Waals surface area contributed by atoms with Crippen LogP contribution >= 0.6 is 0 Å². The average Bonchev–Trinajstić information content (AvgIpc) is 2.59. The smallest absolute Gasteiger partial charge is 0.228 e. The van der Waals surface area contributed by atoms with Crippen molar-refractivity contribution in [1.29, 1.82) is 0 Å². The highest BCUT2D eigenvalue weighted by molar-refractivity contribution is 5.92. The summed E-state index contributed by atoms with van der Waals surface area (Å²) in [6, 6.07) is 11.3. The van der Waals surface area contributed by atoms with Crippen LogP contribution in [0.25, 0.3) is 0 Å². The van der Waals surface area contributed by atoms with Crippen molar-refractivity contribution >= 4 is 11.6 Å². The Labute approximate surface area is 148 Å².